The van der Waals surface area contributed by atoms with E-state index in [-0.39, 0.29) is 0 Å². The van der Waals surface area contributed by atoms with Gasteiger partial charge in [-0.05, 0) is 32.7 Å². The highest BCUT2D eigenvalue weighted by atomic mass is 16.5. The number of rotatable bonds is 6. The second-order valence-corrected chi connectivity index (χ2v) is 4.68. The van der Waals surface area contributed by atoms with Gasteiger partial charge in [0.15, 0.2) is 0 Å². The second-order valence-electron chi connectivity index (χ2n) is 4.68. The quantitative estimate of drug-likeness (QED) is 0.411. The Morgan fingerprint density at radius 1 is 1.50 bits per heavy atom. The van der Waals surface area contributed by atoms with Crippen LogP contribution < -0.4 is 5.73 Å². The van der Waals surface area contributed by atoms with Crippen LogP contribution in [0.2, 0.25) is 0 Å². The third-order valence-corrected chi connectivity index (χ3v) is 3.19. The lowest BCUT2D eigenvalue weighted by Gasteiger charge is -2.38. The van der Waals surface area contributed by atoms with Gasteiger partial charge in [0.25, 0.3) is 0 Å². The minimum absolute atomic E-state index is 0.308. The molecule has 94 valence electrons. The molecule has 3 N–H and O–H groups in total. The number of nitrogens with two attached hydrogens (primary N) is 1. The van der Waals surface area contributed by atoms with E-state index in [4.69, 9.17) is 15.9 Å². The van der Waals surface area contributed by atoms with Crippen molar-refractivity contribution in [1.82, 2.24) is 4.90 Å². The lowest BCUT2D eigenvalue weighted by atomic mass is 10.1. The zero-order valence-corrected chi connectivity index (χ0v) is 10.5. The maximum absolute atomic E-state index is 7.17. The van der Waals surface area contributed by atoms with Crippen molar-refractivity contribution in [2.75, 3.05) is 19.7 Å². The summed E-state index contributed by atoms with van der Waals surface area (Å²) in [5.74, 6) is 0.308. The van der Waals surface area contributed by atoms with Crippen molar-refractivity contribution in [1.29, 1.82) is 5.41 Å². The first kappa shape index (κ1) is 13.5. The molecule has 0 aromatic rings. The molecule has 16 heavy (non-hydrogen) atoms. The Kier molecular flexibility index (Phi) is 5.77. The summed E-state index contributed by atoms with van der Waals surface area (Å²) in [6.45, 7) is 7.36. The van der Waals surface area contributed by atoms with Gasteiger partial charge in [-0.2, -0.15) is 0 Å². The normalized spacial score (nSPS) is 26.9. The Labute approximate surface area is 98.6 Å². The van der Waals surface area contributed by atoms with Crippen LogP contribution in [-0.4, -0.2) is 42.6 Å². The zero-order valence-electron chi connectivity index (χ0n) is 10.5. The van der Waals surface area contributed by atoms with Crippen molar-refractivity contribution in [2.45, 2.75) is 51.7 Å². The van der Waals surface area contributed by atoms with Crippen LogP contribution in [0.3, 0.4) is 0 Å². The van der Waals surface area contributed by atoms with Gasteiger partial charge in [0.1, 0.15) is 0 Å². The van der Waals surface area contributed by atoms with Gasteiger partial charge in [-0.25, -0.2) is 0 Å². The average molecular weight is 227 g/mol. The van der Waals surface area contributed by atoms with Crippen molar-refractivity contribution in [3.63, 3.8) is 0 Å². The lowest BCUT2D eigenvalue weighted by Crippen LogP contribution is -2.48. The van der Waals surface area contributed by atoms with Crippen LogP contribution in [0, 0.1) is 5.41 Å². The van der Waals surface area contributed by atoms with E-state index in [1.54, 1.807) is 0 Å². The molecule has 1 aliphatic heterocycles. The van der Waals surface area contributed by atoms with Crippen molar-refractivity contribution in [2.24, 2.45) is 5.73 Å². The number of unbranched alkanes of at least 4 members (excludes halogenated alkanes) is 1. The van der Waals surface area contributed by atoms with Gasteiger partial charge in [0, 0.05) is 19.0 Å². The summed E-state index contributed by atoms with van der Waals surface area (Å²) >= 11 is 0. The summed E-state index contributed by atoms with van der Waals surface area (Å²) in [7, 11) is 0. The molecule has 0 saturated carbocycles. The Balaban J connectivity index is 2.23. The first-order valence-electron chi connectivity index (χ1n) is 6.32. The molecule has 1 fully saturated rings. The molecule has 0 bridgehead atoms. The summed E-state index contributed by atoms with van der Waals surface area (Å²) in [6, 6.07) is 0.577. The molecular weight excluding hydrogens is 202 g/mol. The molecule has 1 aliphatic rings. The molecule has 0 aliphatic carbocycles. The van der Waals surface area contributed by atoms with Gasteiger partial charge < -0.3 is 10.5 Å². The molecular formula is C12H25N3O. The summed E-state index contributed by atoms with van der Waals surface area (Å²) in [6.07, 6.45) is 4.40. The highest BCUT2D eigenvalue weighted by molar-refractivity contribution is 5.76. The first-order chi connectivity index (χ1) is 7.63. The fourth-order valence-corrected chi connectivity index (χ4v) is 2.19. The van der Waals surface area contributed by atoms with Crippen LogP contribution >= 0.6 is 0 Å². The molecule has 0 spiro atoms. The summed E-state index contributed by atoms with van der Waals surface area (Å²) in [5, 5.41) is 7.17. The Hall–Kier alpha value is -0.610. The van der Waals surface area contributed by atoms with E-state index in [2.05, 4.69) is 18.7 Å². The minimum atomic E-state index is 0.308. The zero-order chi connectivity index (χ0) is 12.0. The van der Waals surface area contributed by atoms with Gasteiger partial charge in [-0.1, -0.05) is 6.92 Å². The van der Waals surface area contributed by atoms with Gasteiger partial charge in [-0.3, -0.25) is 10.3 Å². The highest BCUT2D eigenvalue weighted by Gasteiger charge is 2.24. The summed E-state index contributed by atoms with van der Waals surface area (Å²) in [5.41, 5.74) is 5.34. The van der Waals surface area contributed by atoms with E-state index in [0.29, 0.717) is 18.0 Å². The number of hydrogen-bond donors (Lipinski definition) is 2. The fraction of sp³-hybridized carbons (Fsp3) is 0.917. The average Bonchev–Trinajstić information content (AvgIpc) is 2.24. The Morgan fingerprint density at radius 2 is 2.25 bits per heavy atom. The Morgan fingerprint density at radius 3 is 2.88 bits per heavy atom. The first-order valence-corrected chi connectivity index (χ1v) is 6.32. The van der Waals surface area contributed by atoms with Crippen molar-refractivity contribution in [3.05, 3.63) is 0 Å². The molecule has 0 aromatic heterocycles. The van der Waals surface area contributed by atoms with Gasteiger partial charge >= 0.3 is 0 Å². The van der Waals surface area contributed by atoms with Crippen LogP contribution in [-0.2, 0) is 4.74 Å². The number of nitrogens with one attached hydrogen (secondary N) is 1. The number of ether oxygens (including phenoxy) is 1. The van der Waals surface area contributed by atoms with Gasteiger partial charge in [0.2, 0.25) is 0 Å². The van der Waals surface area contributed by atoms with E-state index in [0.717, 1.165) is 45.4 Å². The van der Waals surface area contributed by atoms with Crippen LogP contribution in [0.1, 0.15) is 39.5 Å². The Bertz CT molecular complexity index is 220. The molecule has 1 heterocycles. The third-order valence-electron chi connectivity index (χ3n) is 3.19. The summed E-state index contributed by atoms with van der Waals surface area (Å²) < 4.78 is 5.66. The summed E-state index contributed by atoms with van der Waals surface area (Å²) in [4.78, 5) is 2.52. The lowest BCUT2D eigenvalue weighted by molar-refractivity contribution is -0.0560. The van der Waals surface area contributed by atoms with Crippen molar-refractivity contribution >= 4 is 5.84 Å². The van der Waals surface area contributed by atoms with E-state index >= 15 is 0 Å². The predicted octanol–water partition coefficient (Wildman–Crippen LogP) is 1.59. The smallest absolute Gasteiger partial charge is 0.0905 e. The monoisotopic (exact) mass is 227 g/mol. The van der Waals surface area contributed by atoms with Crippen LogP contribution in [0.15, 0.2) is 0 Å². The van der Waals surface area contributed by atoms with E-state index in [1.165, 1.54) is 0 Å². The van der Waals surface area contributed by atoms with E-state index in [1.807, 2.05) is 0 Å². The number of amidine groups is 1. The molecule has 2 atom stereocenters. The molecule has 1 saturated heterocycles. The molecule has 4 heteroatoms. The molecule has 2 unspecified atom stereocenters. The molecule has 0 radical (unpaired) electrons. The van der Waals surface area contributed by atoms with E-state index in [9.17, 15) is 0 Å². The molecule has 0 aromatic carbocycles. The van der Waals surface area contributed by atoms with Gasteiger partial charge in [0.05, 0.1) is 18.5 Å². The maximum Gasteiger partial charge on any atom is 0.0905 e. The van der Waals surface area contributed by atoms with Crippen LogP contribution in [0.5, 0.6) is 0 Å². The van der Waals surface area contributed by atoms with Crippen molar-refractivity contribution < 1.29 is 4.74 Å². The number of nitrogens with zero attached hydrogens (tertiary/aromatic N) is 1. The molecule has 1 rings (SSSR count). The number of hydrogen-bond acceptors (Lipinski definition) is 3. The number of morpholine rings is 1. The second kappa shape index (κ2) is 6.86. The topological polar surface area (TPSA) is 62.3 Å². The van der Waals surface area contributed by atoms with Crippen LogP contribution in [0.4, 0.5) is 0 Å². The molecule has 4 nitrogen and oxygen atoms in total. The standard InChI is InChI=1S/C12H25N3O/c1-3-11-9-16-10(2)8-15(11)7-5-4-6-12(13)14/h10-11H,3-9H2,1-2H3,(H3,13,14). The predicted molar refractivity (Wildman–Crippen MR) is 66.8 cm³/mol. The minimum Gasteiger partial charge on any atom is -0.388 e. The highest BCUT2D eigenvalue weighted by Crippen LogP contribution is 2.15. The maximum atomic E-state index is 7.17. The van der Waals surface area contributed by atoms with Crippen LogP contribution in [0.25, 0.3) is 0 Å². The van der Waals surface area contributed by atoms with E-state index < -0.39 is 0 Å². The van der Waals surface area contributed by atoms with Crippen molar-refractivity contribution in [3.8, 4) is 0 Å². The molecule has 0 amide bonds. The third kappa shape index (κ3) is 4.49. The van der Waals surface area contributed by atoms with Gasteiger partial charge in [-0.15, -0.1) is 0 Å². The largest absolute Gasteiger partial charge is 0.388 e. The fourth-order valence-electron chi connectivity index (χ4n) is 2.19. The SMILES string of the molecule is CCC1COC(C)CN1CCCCC(=N)N.